The Bertz CT molecular complexity index is 1370. The lowest BCUT2D eigenvalue weighted by atomic mass is 9.90. The lowest BCUT2D eigenvalue weighted by Gasteiger charge is -2.38. The van der Waals surface area contributed by atoms with Gasteiger partial charge in [-0.05, 0) is 42.5 Å². The Morgan fingerprint density at radius 2 is 1.89 bits per heavy atom. The van der Waals surface area contributed by atoms with Crippen molar-refractivity contribution in [2.45, 2.75) is 44.2 Å². The molecule has 3 aromatic heterocycles. The van der Waals surface area contributed by atoms with Gasteiger partial charge < -0.3 is 10.0 Å². The van der Waals surface area contributed by atoms with E-state index < -0.39 is 5.60 Å². The largest absolute Gasteiger partial charge is 0.388 e. The third-order valence-corrected chi connectivity index (χ3v) is 6.96. The van der Waals surface area contributed by atoms with E-state index in [1.807, 2.05) is 51.9 Å². The van der Waals surface area contributed by atoms with Gasteiger partial charge >= 0.3 is 0 Å². The van der Waals surface area contributed by atoms with Crippen LogP contribution in [0.2, 0.25) is 0 Å². The van der Waals surface area contributed by atoms with Crippen LogP contribution in [0.25, 0.3) is 16.7 Å². The number of rotatable bonds is 6. The number of piperidine rings is 1. The van der Waals surface area contributed by atoms with E-state index in [1.165, 1.54) is 10.9 Å². The van der Waals surface area contributed by atoms with Gasteiger partial charge in [-0.2, -0.15) is 0 Å². The second kappa shape index (κ2) is 9.46. The summed E-state index contributed by atoms with van der Waals surface area (Å²) >= 11 is 0. The number of nitrogens with zero attached hydrogens (tertiary/aromatic N) is 5. The maximum atomic E-state index is 13.1. The molecule has 1 fully saturated rings. The van der Waals surface area contributed by atoms with Crippen LogP contribution in [-0.4, -0.2) is 53.7 Å². The van der Waals surface area contributed by atoms with Crippen molar-refractivity contribution in [3.63, 3.8) is 0 Å². The van der Waals surface area contributed by atoms with Gasteiger partial charge in [-0.1, -0.05) is 37.3 Å². The van der Waals surface area contributed by atoms with Crippen LogP contribution >= 0.6 is 0 Å². The summed E-state index contributed by atoms with van der Waals surface area (Å²) in [6, 6.07) is 15.5. The first-order chi connectivity index (χ1) is 16.9. The minimum absolute atomic E-state index is 0.0976. The van der Waals surface area contributed by atoms with Crippen molar-refractivity contribution in [3.8, 4) is 5.69 Å². The average molecular weight is 472 g/mol. The Morgan fingerprint density at radius 1 is 1.11 bits per heavy atom. The van der Waals surface area contributed by atoms with Gasteiger partial charge in [0.05, 0.1) is 29.4 Å². The van der Waals surface area contributed by atoms with Crippen molar-refractivity contribution in [1.82, 2.24) is 24.0 Å². The third-order valence-electron chi connectivity index (χ3n) is 6.96. The third kappa shape index (κ3) is 4.74. The second-order valence-corrected chi connectivity index (χ2v) is 9.43. The van der Waals surface area contributed by atoms with Crippen molar-refractivity contribution in [2.24, 2.45) is 0 Å². The highest BCUT2D eigenvalue weighted by Gasteiger charge is 2.35. The number of aromatic nitrogens is 4. The number of hydrogen-bond donors (Lipinski definition) is 1. The molecule has 5 rings (SSSR count). The minimum atomic E-state index is -1.06. The summed E-state index contributed by atoms with van der Waals surface area (Å²) in [5.41, 5.74) is 1.27. The van der Waals surface area contributed by atoms with Crippen molar-refractivity contribution >= 4 is 16.9 Å². The number of aliphatic hydroxyl groups is 1. The van der Waals surface area contributed by atoms with Crippen LogP contribution in [0, 0.1) is 0 Å². The zero-order valence-electron chi connectivity index (χ0n) is 19.7. The fraction of sp³-hybridized carbons (Fsp3) is 0.333. The van der Waals surface area contributed by atoms with E-state index in [0.29, 0.717) is 43.4 Å². The molecule has 1 aliphatic heterocycles. The van der Waals surface area contributed by atoms with Crippen LogP contribution in [0.15, 0.2) is 78.2 Å². The topological polar surface area (TPSA) is 93.2 Å². The van der Waals surface area contributed by atoms with Crippen molar-refractivity contribution in [3.05, 3.63) is 89.4 Å². The number of pyridine rings is 1. The Balaban J connectivity index is 1.25. The van der Waals surface area contributed by atoms with E-state index in [2.05, 4.69) is 16.9 Å². The van der Waals surface area contributed by atoms with Gasteiger partial charge in [0.25, 0.3) is 5.56 Å². The number of carbonyl (C=O) groups is 1. The normalized spacial score (nSPS) is 16.3. The average Bonchev–Trinajstić information content (AvgIpc) is 3.32. The summed E-state index contributed by atoms with van der Waals surface area (Å²) in [4.78, 5) is 36.4. The molecule has 0 spiro atoms. The molecule has 0 unspecified atom stereocenters. The first-order valence-corrected chi connectivity index (χ1v) is 12.0. The highest BCUT2D eigenvalue weighted by molar-refractivity contribution is 5.77. The molecular formula is C27H29N5O3. The Hall–Kier alpha value is -3.78. The van der Waals surface area contributed by atoms with Crippen LogP contribution in [0.5, 0.6) is 0 Å². The van der Waals surface area contributed by atoms with Gasteiger partial charge in [0.2, 0.25) is 5.91 Å². The molecule has 0 bridgehead atoms. The standard InChI is InChI=1S/C27H29N5O3/c1-20(21-6-3-2-4-7-21)16-24(33)30-14-10-27(35,11-15-30)18-31-19-29-25-23(26(31)34)9-13-32(25)22-8-5-12-28-17-22/h2-9,12-13,17,19-20,35H,10-11,14-16,18H2,1H3/t20-/m1/s1. The summed E-state index contributed by atoms with van der Waals surface area (Å²) in [6.07, 6.45) is 7.98. The molecule has 1 aromatic carbocycles. The monoisotopic (exact) mass is 471 g/mol. The van der Waals surface area contributed by atoms with Crippen molar-refractivity contribution in [1.29, 1.82) is 0 Å². The zero-order chi connectivity index (χ0) is 24.4. The summed E-state index contributed by atoms with van der Waals surface area (Å²) in [5.74, 6) is 0.236. The zero-order valence-corrected chi connectivity index (χ0v) is 19.7. The van der Waals surface area contributed by atoms with Gasteiger partial charge in [0.15, 0.2) is 5.65 Å². The van der Waals surface area contributed by atoms with E-state index in [1.54, 1.807) is 24.7 Å². The molecule has 4 aromatic rings. The highest BCUT2D eigenvalue weighted by atomic mass is 16.3. The molecule has 0 saturated carbocycles. The lowest BCUT2D eigenvalue weighted by molar-refractivity contribution is -0.136. The number of amides is 1. The molecule has 1 N–H and O–H groups in total. The quantitative estimate of drug-likeness (QED) is 0.466. The first kappa shape index (κ1) is 23.0. The van der Waals surface area contributed by atoms with E-state index in [9.17, 15) is 14.7 Å². The molecule has 8 heteroatoms. The van der Waals surface area contributed by atoms with E-state index >= 15 is 0 Å². The Labute approximate surface area is 203 Å². The number of likely N-dealkylation sites (tertiary alicyclic amines) is 1. The van der Waals surface area contributed by atoms with Crippen molar-refractivity contribution in [2.75, 3.05) is 13.1 Å². The van der Waals surface area contributed by atoms with Gasteiger partial charge in [0, 0.05) is 31.9 Å². The highest BCUT2D eigenvalue weighted by Crippen LogP contribution is 2.26. The number of carbonyl (C=O) groups excluding carboxylic acids is 1. The van der Waals surface area contributed by atoms with Crippen molar-refractivity contribution < 1.29 is 9.90 Å². The second-order valence-electron chi connectivity index (χ2n) is 9.43. The smallest absolute Gasteiger partial charge is 0.262 e. The summed E-state index contributed by atoms with van der Waals surface area (Å²) < 4.78 is 3.30. The lowest BCUT2D eigenvalue weighted by Crippen LogP contribution is -2.49. The first-order valence-electron chi connectivity index (χ1n) is 12.0. The van der Waals surface area contributed by atoms with Gasteiger partial charge in [-0.15, -0.1) is 0 Å². The molecule has 4 heterocycles. The van der Waals surface area contributed by atoms with Crippen LogP contribution in [0.4, 0.5) is 0 Å². The number of benzene rings is 1. The maximum absolute atomic E-state index is 13.1. The van der Waals surface area contributed by atoms with E-state index in [0.717, 1.165) is 11.3 Å². The summed E-state index contributed by atoms with van der Waals surface area (Å²) in [6.45, 7) is 3.15. The molecule has 1 aliphatic rings. The molecule has 1 amide bonds. The van der Waals surface area contributed by atoms with E-state index in [4.69, 9.17) is 0 Å². The van der Waals surface area contributed by atoms with Crippen LogP contribution in [0.3, 0.4) is 0 Å². The van der Waals surface area contributed by atoms with Crippen LogP contribution < -0.4 is 5.56 Å². The molecule has 35 heavy (non-hydrogen) atoms. The number of fused-ring (bicyclic) bond motifs is 1. The Morgan fingerprint density at radius 3 is 2.60 bits per heavy atom. The molecule has 180 valence electrons. The SMILES string of the molecule is C[C@H](CC(=O)N1CCC(O)(Cn2cnc3c(ccn3-c3cccnc3)c2=O)CC1)c1ccccc1. The van der Waals surface area contributed by atoms with Crippen LogP contribution in [-0.2, 0) is 11.3 Å². The minimum Gasteiger partial charge on any atom is -0.388 e. The Kier molecular flexibility index (Phi) is 6.21. The van der Waals surface area contributed by atoms with Gasteiger partial charge in [-0.3, -0.25) is 23.7 Å². The summed E-state index contributed by atoms with van der Waals surface area (Å²) in [5, 5.41) is 11.7. The number of hydrogen-bond acceptors (Lipinski definition) is 5. The predicted molar refractivity (Wildman–Crippen MR) is 133 cm³/mol. The fourth-order valence-electron chi connectivity index (χ4n) is 4.81. The molecule has 1 atom stereocenters. The molecule has 8 nitrogen and oxygen atoms in total. The van der Waals surface area contributed by atoms with Crippen LogP contribution in [0.1, 0.15) is 37.7 Å². The van der Waals surface area contributed by atoms with Gasteiger partial charge in [-0.25, -0.2) is 4.98 Å². The maximum Gasteiger partial charge on any atom is 0.262 e. The van der Waals surface area contributed by atoms with E-state index in [-0.39, 0.29) is 23.9 Å². The summed E-state index contributed by atoms with van der Waals surface area (Å²) in [7, 11) is 0. The molecule has 1 saturated heterocycles. The fourth-order valence-corrected chi connectivity index (χ4v) is 4.81. The molecular weight excluding hydrogens is 442 g/mol. The molecule has 0 aliphatic carbocycles. The predicted octanol–water partition coefficient (Wildman–Crippen LogP) is 3.13. The van der Waals surface area contributed by atoms with Gasteiger partial charge in [0.1, 0.15) is 6.33 Å². The molecule has 0 radical (unpaired) electrons.